The van der Waals surface area contributed by atoms with Crippen molar-refractivity contribution in [3.63, 3.8) is 0 Å². The maximum atomic E-state index is 11.8. The van der Waals surface area contributed by atoms with E-state index in [-0.39, 0.29) is 6.03 Å². The first-order chi connectivity index (χ1) is 10.8. The number of carbonyl (C=O) groups excluding carboxylic acids is 1. The number of amides is 2. The summed E-state index contributed by atoms with van der Waals surface area (Å²) in [6, 6.07) is 7.91. The van der Waals surface area contributed by atoms with Gasteiger partial charge >= 0.3 is 6.03 Å². The van der Waals surface area contributed by atoms with Crippen LogP contribution in [0.1, 0.15) is 37.1 Å². The number of fused-ring (bicyclic) bond motifs is 1. The highest BCUT2D eigenvalue weighted by Crippen LogP contribution is 2.21. The first-order valence-corrected chi connectivity index (χ1v) is 8.67. The molecule has 2 aromatic rings. The van der Waals surface area contributed by atoms with E-state index < -0.39 is 0 Å². The number of nitrogens with one attached hydrogen (secondary N) is 2. The van der Waals surface area contributed by atoms with Gasteiger partial charge in [0.25, 0.3) is 0 Å². The van der Waals surface area contributed by atoms with Crippen LogP contribution in [-0.4, -0.2) is 17.6 Å². The number of urea groups is 1. The number of rotatable bonds is 5. The van der Waals surface area contributed by atoms with Gasteiger partial charge in [-0.15, -0.1) is 11.3 Å². The van der Waals surface area contributed by atoms with Gasteiger partial charge in [-0.05, 0) is 44.2 Å². The maximum absolute atomic E-state index is 11.8. The van der Waals surface area contributed by atoms with E-state index in [4.69, 9.17) is 0 Å². The van der Waals surface area contributed by atoms with E-state index in [1.165, 1.54) is 31.3 Å². The van der Waals surface area contributed by atoms with Gasteiger partial charge in [0.05, 0.1) is 16.8 Å². The van der Waals surface area contributed by atoms with Crippen molar-refractivity contribution in [2.24, 2.45) is 0 Å². The van der Waals surface area contributed by atoms with Crippen LogP contribution in [0.3, 0.4) is 0 Å². The van der Waals surface area contributed by atoms with E-state index in [9.17, 15) is 4.79 Å². The zero-order chi connectivity index (χ0) is 15.2. The summed E-state index contributed by atoms with van der Waals surface area (Å²) in [5, 5.41) is 6.73. The van der Waals surface area contributed by atoms with Crippen molar-refractivity contribution in [2.45, 2.75) is 38.6 Å². The number of allylic oxidation sites excluding steroid dienone is 1. The molecule has 116 valence electrons. The molecule has 0 atom stereocenters. The summed E-state index contributed by atoms with van der Waals surface area (Å²) in [5.74, 6) is 0. The molecule has 0 aliphatic heterocycles. The molecule has 1 aromatic carbocycles. The topological polar surface area (TPSA) is 54.0 Å². The molecular formula is C17H21N3OS. The zero-order valence-electron chi connectivity index (χ0n) is 12.6. The van der Waals surface area contributed by atoms with Gasteiger partial charge in [-0.25, -0.2) is 9.78 Å². The van der Waals surface area contributed by atoms with Crippen LogP contribution in [0.2, 0.25) is 0 Å². The van der Waals surface area contributed by atoms with Gasteiger partial charge in [-0.3, -0.25) is 0 Å². The van der Waals surface area contributed by atoms with Crippen molar-refractivity contribution in [3.05, 3.63) is 40.9 Å². The van der Waals surface area contributed by atoms with Crippen molar-refractivity contribution >= 4 is 27.6 Å². The van der Waals surface area contributed by atoms with Crippen LogP contribution in [0.4, 0.5) is 4.79 Å². The smallest absolute Gasteiger partial charge is 0.315 e. The van der Waals surface area contributed by atoms with Gasteiger partial charge in [0.2, 0.25) is 0 Å². The van der Waals surface area contributed by atoms with Crippen LogP contribution < -0.4 is 10.6 Å². The zero-order valence-corrected chi connectivity index (χ0v) is 13.4. The summed E-state index contributed by atoms with van der Waals surface area (Å²) in [5.41, 5.74) is 2.48. The molecule has 3 rings (SSSR count). The molecule has 0 radical (unpaired) electrons. The molecule has 2 N–H and O–H groups in total. The molecule has 0 fully saturated rings. The standard InChI is InChI=1S/C17H21N3OS/c21-17(18-11-10-13-6-2-1-3-7-13)19-12-16-20-14-8-4-5-9-15(14)22-16/h4-6,8-9H,1-3,7,10-12H2,(H2,18,19,21). The van der Waals surface area contributed by atoms with E-state index in [0.29, 0.717) is 13.1 Å². The second kappa shape index (κ2) is 7.40. The van der Waals surface area contributed by atoms with Crippen molar-refractivity contribution in [1.82, 2.24) is 15.6 Å². The molecule has 4 nitrogen and oxygen atoms in total. The highest BCUT2D eigenvalue weighted by molar-refractivity contribution is 7.18. The summed E-state index contributed by atoms with van der Waals surface area (Å²) in [4.78, 5) is 16.3. The van der Waals surface area contributed by atoms with Crippen LogP contribution in [0.5, 0.6) is 0 Å². The van der Waals surface area contributed by atoms with Crippen LogP contribution in [-0.2, 0) is 6.54 Å². The fraction of sp³-hybridized carbons (Fsp3) is 0.412. The van der Waals surface area contributed by atoms with Crippen LogP contribution in [0, 0.1) is 0 Å². The summed E-state index contributed by atoms with van der Waals surface area (Å²) >= 11 is 1.62. The van der Waals surface area contributed by atoms with Gasteiger partial charge < -0.3 is 10.6 Å². The van der Waals surface area contributed by atoms with Crippen LogP contribution in [0.15, 0.2) is 35.9 Å². The minimum absolute atomic E-state index is 0.115. The molecular weight excluding hydrogens is 294 g/mol. The SMILES string of the molecule is O=C(NCCC1=CCCCC1)NCc1nc2ccccc2s1. The van der Waals surface area contributed by atoms with E-state index in [1.54, 1.807) is 11.3 Å². The minimum Gasteiger partial charge on any atom is -0.338 e. The number of carbonyl (C=O) groups is 1. The molecule has 2 amide bonds. The molecule has 0 spiro atoms. The molecule has 0 saturated carbocycles. The second-order valence-electron chi connectivity index (χ2n) is 5.54. The lowest BCUT2D eigenvalue weighted by atomic mass is 9.97. The molecule has 1 aliphatic carbocycles. The van der Waals surface area contributed by atoms with Gasteiger partial charge in [-0.1, -0.05) is 23.8 Å². The summed E-state index contributed by atoms with van der Waals surface area (Å²) in [6.45, 7) is 1.19. The van der Waals surface area contributed by atoms with Gasteiger partial charge in [0, 0.05) is 6.54 Å². The molecule has 0 unspecified atom stereocenters. The molecule has 0 bridgehead atoms. The van der Waals surface area contributed by atoms with Gasteiger partial charge in [0.15, 0.2) is 0 Å². The Morgan fingerprint density at radius 2 is 2.14 bits per heavy atom. The van der Waals surface area contributed by atoms with Crippen LogP contribution in [0.25, 0.3) is 10.2 Å². The molecule has 1 heterocycles. The number of para-hydroxylation sites is 1. The van der Waals surface area contributed by atoms with Gasteiger partial charge in [0.1, 0.15) is 5.01 Å². The van der Waals surface area contributed by atoms with Crippen molar-refractivity contribution in [3.8, 4) is 0 Å². The predicted molar refractivity (Wildman–Crippen MR) is 91.0 cm³/mol. The molecule has 5 heteroatoms. The number of nitrogens with zero attached hydrogens (tertiary/aromatic N) is 1. The number of hydrogen-bond acceptors (Lipinski definition) is 3. The lowest BCUT2D eigenvalue weighted by Gasteiger charge is -2.13. The summed E-state index contributed by atoms with van der Waals surface area (Å²) in [7, 11) is 0. The van der Waals surface area contributed by atoms with E-state index >= 15 is 0 Å². The first-order valence-electron chi connectivity index (χ1n) is 7.85. The Morgan fingerprint density at radius 3 is 2.95 bits per heavy atom. The number of aromatic nitrogens is 1. The highest BCUT2D eigenvalue weighted by Gasteiger charge is 2.07. The third-order valence-electron chi connectivity index (χ3n) is 3.86. The Labute approximate surface area is 134 Å². The monoisotopic (exact) mass is 315 g/mol. The Hall–Kier alpha value is -1.88. The fourth-order valence-corrected chi connectivity index (χ4v) is 3.59. The Balaban J connectivity index is 1.41. The Morgan fingerprint density at radius 1 is 1.23 bits per heavy atom. The fourth-order valence-electron chi connectivity index (χ4n) is 2.68. The average Bonchev–Trinajstić information content (AvgIpc) is 2.97. The normalized spacial score (nSPS) is 14.6. The number of hydrogen-bond donors (Lipinski definition) is 2. The first kappa shape index (κ1) is 15.0. The van der Waals surface area contributed by atoms with E-state index in [0.717, 1.165) is 21.6 Å². The third-order valence-corrected chi connectivity index (χ3v) is 4.89. The van der Waals surface area contributed by atoms with Crippen LogP contribution >= 0.6 is 11.3 Å². The van der Waals surface area contributed by atoms with Gasteiger partial charge in [-0.2, -0.15) is 0 Å². The lowest BCUT2D eigenvalue weighted by Crippen LogP contribution is -2.35. The highest BCUT2D eigenvalue weighted by atomic mass is 32.1. The van der Waals surface area contributed by atoms with E-state index in [1.807, 2.05) is 18.2 Å². The second-order valence-corrected chi connectivity index (χ2v) is 6.66. The average molecular weight is 315 g/mol. The third kappa shape index (κ3) is 4.07. The summed E-state index contributed by atoms with van der Waals surface area (Å²) in [6.07, 6.45) is 8.27. The Bertz CT molecular complexity index is 644. The molecule has 1 aromatic heterocycles. The quantitative estimate of drug-likeness (QED) is 0.820. The molecule has 22 heavy (non-hydrogen) atoms. The lowest BCUT2D eigenvalue weighted by molar-refractivity contribution is 0.240. The minimum atomic E-state index is -0.115. The van der Waals surface area contributed by atoms with Crippen molar-refractivity contribution in [1.29, 1.82) is 0 Å². The van der Waals surface area contributed by atoms with Crippen molar-refractivity contribution < 1.29 is 4.79 Å². The predicted octanol–water partition coefficient (Wildman–Crippen LogP) is 3.99. The summed E-state index contributed by atoms with van der Waals surface area (Å²) < 4.78 is 1.16. The number of benzene rings is 1. The van der Waals surface area contributed by atoms with E-state index in [2.05, 4.69) is 27.8 Å². The number of thiazole rings is 1. The maximum Gasteiger partial charge on any atom is 0.315 e. The molecule has 1 aliphatic rings. The Kier molecular flexibility index (Phi) is 5.06. The largest absolute Gasteiger partial charge is 0.338 e. The van der Waals surface area contributed by atoms with Crippen molar-refractivity contribution in [2.75, 3.05) is 6.54 Å². The molecule has 0 saturated heterocycles.